The van der Waals surface area contributed by atoms with Crippen LogP contribution in [0.15, 0.2) is 12.3 Å². The average molecular weight is 218 g/mol. The van der Waals surface area contributed by atoms with Gasteiger partial charge in [-0.1, -0.05) is 0 Å². The third-order valence-electron chi connectivity index (χ3n) is 1.80. The Labute approximate surface area is 83.4 Å². The van der Waals surface area contributed by atoms with Crippen molar-refractivity contribution in [2.24, 2.45) is 0 Å². The molecule has 1 heterocycles. The minimum absolute atomic E-state index is 0.0289. The maximum absolute atomic E-state index is 11.4. The Morgan fingerprint density at radius 3 is 2.64 bits per heavy atom. The fourth-order valence-corrected chi connectivity index (χ4v) is 1.68. The lowest BCUT2D eigenvalue weighted by Gasteiger charge is -2.10. The minimum Gasteiger partial charge on any atom is -0.382 e. The van der Waals surface area contributed by atoms with E-state index in [1.54, 1.807) is 12.3 Å². The minimum atomic E-state index is -3.16. The van der Waals surface area contributed by atoms with E-state index in [0.717, 1.165) is 0 Å². The predicted molar refractivity (Wildman–Crippen MR) is 54.1 cm³/mol. The molecule has 0 aliphatic heterocycles. The highest BCUT2D eigenvalue weighted by Crippen LogP contribution is 1.99. The quantitative estimate of drug-likeness (QED) is 0.728. The Morgan fingerprint density at radius 2 is 2.21 bits per heavy atom. The van der Waals surface area contributed by atoms with Gasteiger partial charge in [0.2, 0.25) is 10.0 Å². The Kier molecular flexibility index (Phi) is 3.12. The third-order valence-corrected chi connectivity index (χ3v) is 3.61. The van der Waals surface area contributed by atoms with Gasteiger partial charge in [-0.3, -0.25) is 4.68 Å². The number of sulfonamides is 1. The van der Waals surface area contributed by atoms with E-state index in [-0.39, 0.29) is 5.75 Å². The van der Waals surface area contributed by atoms with Gasteiger partial charge in [-0.2, -0.15) is 5.10 Å². The first-order valence-corrected chi connectivity index (χ1v) is 5.72. The van der Waals surface area contributed by atoms with E-state index in [0.29, 0.717) is 12.4 Å². The Morgan fingerprint density at radius 1 is 1.57 bits per heavy atom. The summed E-state index contributed by atoms with van der Waals surface area (Å²) in [6.07, 6.45) is 1.65. The van der Waals surface area contributed by atoms with Crippen LogP contribution in [0.3, 0.4) is 0 Å². The summed E-state index contributed by atoms with van der Waals surface area (Å²) in [4.78, 5) is 0. The van der Waals surface area contributed by atoms with Crippen molar-refractivity contribution in [2.45, 2.75) is 6.54 Å². The Hall–Kier alpha value is -1.08. The molecular formula is C7H14N4O2S. The van der Waals surface area contributed by atoms with E-state index in [1.807, 2.05) is 0 Å². The SMILES string of the molecule is CN(C)S(=O)(=O)CCn1ccc(N)n1. The van der Waals surface area contributed by atoms with Gasteiger partial charge < -0.3 is 5.73 Å². The second-order valence-electron chi connectivity index (χ2n) is 3.10. The molecule has 1 aromatic rings. The molecule has 1 aromatic heterocycles. The van der Waals surface area contributed by atoms with E-state index < -0.39 is 10.0 Å². The van der Waals surface area contributed by atoms with Gasteiger partial charge in [-0.15, -0.1) is 0 Å². The second kappa shape index (κ2) is 3.97. The van der Waals surface area contributed by atoms with Crippen LogP contribution in [0.1, 0.15) is 0 Å². The van der Waals surface area contributed by atoms with Crippen LogP contribution >= 0.6 is 0 Å². The lowest BCUT2D eigenvalue weighted by atomic mass is 10.7. The first-order chi connectivity index (χ1) is 6.42. The van der Waals surface area contributed by atoms with Crippen molar-refractivity contribution >= 4 is 15.8 Å². The summed E-state index contributed by atoms with van der Waals surface area (Å²) in [5, 5.41) is 3.88. The van der Waals surface area contributed by atoms with Crippen LogP contribution in [-0.2, 0) is 16.6 Å². The van der Waals surface area contributed by atoms with Gasteiger partial charge in [-0.05, 0) is 6.07 Å². The molecule has 80 valence electrons. The van der Waals surface area contributed by atoms with Gasteiger partial charge >= 0.3 is 0 Å². The molecule has 0 aromatic carbocycles. The van der Waals surface area contributed by atoms with Crippen molar-refractivity contribution in [3.05, 3.63) is 12.3 Å². The van der Waals surface area contributed by atoms with Crippen molar-refractivity contribution < 1.29 is 8.42 Å². The Bertz CT molecular complexity index is 396. The van der Waals surface area contributed by atoms with Crippen LogP contribution in [0, 0.1) is 0 Å². The maximum atomic E-state index is 11.4. The number of nitrogens with zero attached hydrogens (tertiary/aromatic N) is 3. The normalized spacial score (nSPS) is 12.2. The predicted octanol–water partition coefficient (Wildman–Crippen LogP) is -0.643. The van der Waals surface area contributed by atoms with Crippen molar-refractivity contribution in [3.8, 4) is 0 Å². The smallest absolute Gasteiger partial charge is 0.215 e. The molecule has 0 aliphatic carbocycles. The first-order valence-electron chi connectivity index (χ1n) is 4.11. The van der Waals surface area contributed by atoms with E-state index >= 15 is 0 Å². The number of aryl methyl sites for hydroxylation is 1. The number of nitrogens with two attached hydrogens (primary N) is 1. The average Bonchev–Trinajstić information content (AvgIpc) is 2.48. The number of anilines is 1. The maximum Gasteiger partial charge on any atom is 0.215 e. The first kappa shape index (κ1) is 11.0. The summed E-state index contributed by atoms with van der Waals surface area (Å²) in [5.74, 6) is 0.424. The molecule has 0 saturated heterocycles. The van der Waals surface area contributed by atoms with E-state index in [2.05, 4.69) is 5.10 Å². The number of aromatic nitrogens is 2. The summed E-state index contributed by atoms with van der Waals surface area (Å²) >= 11 is 0. The van der Waals surface area contributed by atoms with Crippen LogP contribution in [-0.4, -0.2) is 42.4 Å². The van der Waals surface area contributed by atoms with E-state index in [4.69, 9.17) is 5.73 Å². The van der Waals surface area contributed by atoms with Gasteiger partial charge in [0.15, 0.2) is 0 Å². The highest BCUT2D eigenvalue weighted by Gasteiger charge is 2.13. The number of rotatable bonds is 4. The van der Waals surface area contributed by atoms with Gasteiger partial charge in [0.05, 0.1) is 12.3 Å². The van der Waals surface area contributed by atoms with Crippen molar-refractivity contribution in [3.63, 3.8) is 0 Å². The molecule has 0 amide bonds. The third kappa shape index (κ3) is 2.71. The molecule has 14 heavy (non-hydrogen) atoms. The van der Waals surface area contributed by atoms with Crippen molar-refractivity contribution in [1.29, 1.82) is 0 Å². The molecule has 6 nitrogen and oxygen atoms in total. The molecule has 7 heteroatoms. The largest absolute Gasteiger partial charge is 0.382 e. The zero-order chi connectivity index (χ0) is 10.8. The zero-order valence-corrected chi connectivity index (χ0v) is 9.03. The zero-order valence-electron chi connectivity index (χ0n) is 8.21. The van der Waals surface area contributed by atoms with Crippen LogP contribution < -0.4 is 5.73 Å². The van der Waals surface area contributed by atoms with Crippen LogP contribution in [0.4, 0.5) is 5.82 Å². The molecule has 0 radical (unpaired) electrons. The fourth-order valence-electron chi connectivity index (χ4n) is 0.893. The van der Waals surface area contributed by atoms with Gasteiger partial charge in [0, 0.05) is 20.3 Å². The standard InChI is InChI=1S/C7H14N4O2S/c1-10(2)14(12,13)6-5-11-4-3-7(8)9-11/h3-4H,5-6H2,1-2H3,(H2,8,9). The van der Waals surface area contributed by atoms with Crippen LogP contribution in [0.25, 0.3) is 0 Å². The molecule has 0 bridgehead atoms. The summed E-state index contributed by atoms with van der Waals surface area (Å²) in [7, 11) is -0.142. The number of nitrogen functional groups attached to an aromatic ring is 1. The number of hydrogen-bond donors (Lipinski definition) is 1. The summed E-state index contributed by atoms with van der Waals surface area (Å²) < 4.78 is 25.4. The molecule has 0 fully saturated rings. The van der Waals surface area contributed by atoms with Gasteiger partial charge in [0.25, 0.3) is 0 Å². The second-order valence-corrected chi connectivity index (χ2v) is 5.40. The van der Waals surface area contributed by atoms with Crippen LogP contribution in [0.5, 0.6) is 0 Å². The highest BCUT2D eigenvalue weighted by atomic mass is 32.2. The summed E-state index contributed by atoms with van der Waals surface area (Å²) in [6.45, 7) is 0.317. The molecule has 0 unspecified atom stereocenters. The van der Waals surface area contributed by atoms with Crippen LogP contribution in [0.2, 0.25) is 0 Å². The number of hydrogen-bond acceptors (Lipinski definition) is 4. The molecule has 0 aliphatic rings. The van der Waals surface area contributed by atoms with Gasteiger partial charge in [-0.25, -0.2) is 12.7 Å². The lowest BCUT2D eigenvalue weighted by molar-refractivity contribution is 0.512. The van der Waals surface area contributed by atoms with Gasteiger partial charge in [0.1, 0.15) is 5.82 Å². The van der Waals surface area contributed by atoms with E-state index in [1.165, 1.54) is 23.1 Å². The Balaban J connectivity index is 2.57. The fraction of sp³-hybridized carbons (Fsp3) is 0.571. The molecule has 0 spiro atoms. The molecule has 1 rings (SSSR count). The monoisotopic (exact) mass is 218 g/mol. The molecular weight excluding hydrogens is 204 g/mol. The van der Waals surface area contributed by atoms with Crippen molar-refractivity contribution in [1.82, 2.24) is 14.1 Å². The topological polar surface area (TPSA) is 81.2 Å². The highest BCUT2D eigenvalue weighted by molar-refractivity contribution is 7.89. The van der Waals surface area contributed by atoms with E-state index in [9.17, 15) is 8.42 Å². The lowest BCUT2D eigenvalue weighted by Crippen LogP contribution is -2.27. The summed E-state index contributed by atoms with van der Waals surface area (Å²) in [6, 6.07) is 1.63. The summed E-state index contributed by atoms with van der Waals surface area (Å²) in [5.41, 5.74) is 5.39. The molecule has 2 N–H and O–H groups in total. The molecule has 0 saturated carbocycles. The van der Waals surface area contributed by atoms with Crippen molar-refractivity contribution in [2.75, 3.05) is 25.6 Å². The molecule has 0 atom stereocenters.